The van der Waals surface area contributed by atoms with Crippen LogP contribution < -0.4 is 5.73 Å². The molecule has 1 saturated carbocycles. The van der Waals surface area contributed by atoms with Crippen molar-refractivity contribution in [3.8, 4) is 0 Å². The van der Waals surface area contributed by atoms with Crippen molar-refractivity contribution in [1.29, 1.82) is 0 Å². The van der Waals surface area contributed by atoms with E-state index in [0.29, 0.717) is 4.99 Å². The summed E-state index contributed by atoms with van der Waals surface area (Å²) in [5.41, 5.74) is 7.92. The number of benzene rings is 1. The molecular formula is C15H22N2S. The summed E-state index contributed by atoms with van der Waals surface area (Å²) in [5.74, 6) is 0. The molecule has 0 saturated heterocycles. The number of thiocarbonyl (C=S) groups is 1. The average molecular weight is 262 g/mol. The topological polar surface area (TPSA) is 29.3 Å². The maximum atomic E-state index is 5.61. The standard InChI is InChI=1S/C15H22N2S/c1-2-17(14-5-3-4-6-14)11-12-7-9-13(10-8-12)15(16)18/h7-10,14H,2-6,11H2,1H3,(H2,16,18). The van der Waals surface area contributed by atoms with Gasteiger partial charge < -0.3 is 5.73 Å². The summed E-state index contributed by atoms with van der Waals surface area (Å²) in [6.07, 6.45) is 5.50. The lowest BCUT2D eigenvalue weighted by Gasteiger charge is -2.27. The van der Waals surface area contributed by atoms with E-state index < -0.39 is 0 Å². The predicted molar refractivity (Wildman–Crippen MR) is 80.7 cm³/mol. The molecule has 0 heterocycles. The Bertz CT molecular complexity index is 393. The Morgan fingerprint density at radius 1 is 1.28 bits per heavy atom. The number of hydrogen-bond donors (Lipinski definition) is 1. The number of nitrogens with two attached hydrogens (primary N) is 1. The lowest BCUT2D eigenvalue weighted by Crippen LogP contribution is -2.32. The second-order valence-electron chi connectivity index (χ2n) is 5.06. The van der Waals surface area contributed by atoms with Gasteiger partial charge in [0.25, 0.3) is 0 Å². The molecule has 1 aromatic rings. The summed E-state index contributed by atoms with van der Waals surface area (Å²) >= 11 is 4.97. The Balaban J connectivity index is 2.00. The summed E-state index contributed by atoms with van der Waals surface area (Å²) in [7, 11) is 0. The van der Waals surface area contributed by atoms with Crippen LogP contribution in [0.1, 0.15) is 43.7 Å². The Labute approximate surface area is 115 Å². The first-order chi connectivity index (χ1) is 8.70. The molecule has 0 aromatic heterocycles. The van der Waals surface area contributed by atoms with Crippen LogP contribution in [0.15, 0.2) is 24.3 Å². The summed E-state index contributed by atoms with van der Waals surface area (Å²) in [6, 6.07) is 9.13. The third-order valence-corrected chi connectivity index (χ3v) is 4.11. The molecule has 1 aromatic carbocycles. The molecule has 0 radical (unpaired) electrons. The molecular weight excluding hydrogens is 240 g/mol. The van der Waals surface area contributed by atoms with Crippen molar-refractivity contribution in [3.05, 3.63) is 35.4 Å². The van der Waals surface area contributed by atoms with Gasteiger partial charge in [0.2, 0.25) is 0 Å². The van der Waals surface area contributed by atoms with Crippen LogP contribution in [0.4, 0.5) is 0 Å². The molecule has 0 aliphatic heterocycles. The minimum Gasteiger partial charge on any atom is -0.389 e. The summed E-state index contributed by atoms with van der Waals surface area (Å²) in [4.78, 5) is 3.06. The molecule has 1 fully saturated rings. The second kappa shape index (κ2) is 6.30. The quantitative estimate of drug-likeness (QED) is 0.827. The highest BCUT2D eigenvalue weighted by molar-refractivity contribution is 7.80. The van der Waals surface area contributed by atoms with Crippen LogP contribution in [-0.2, 0) is 6.54 Å². The molecule has 1 aliphatic carbocycles. The number of rotatable bonds is 5. The van der Waals surface area contributed by atoms with Gasteiger partial charge in [-0.1, -0.05) is 56.2 Å². The zero-order valence-electron chi connectivity index (χ0n) is 11.1. The van der Waals surface area contributed by atoms with Gasteiger partial charge in [-0.15, -0.1) is 0 Å². The number of hydrogen-bond acceptors (Lipinski definition) is 2. The molecule has 1 aliphatic rings. The summed E-state index contributed by atoms with van der Waals surface area (Å²) < 4.78 is 0. The molecule has 0 bridgehead atoms. The molecule has 0 amide bonds. The maximum Gasteiger partial charge on any atom is 0.103 e. The minimum absolute atomic E-state index is 0.477. The number of nitrogens with zero attached hydrogens (tertiary/aromatic N) is 1. The highest BCUT2D eigenvalue weighted by atomic mass is 32.1. The fourth-order valence-corrected chi connectivity index (χ4v) is 2.91. The first-order valence-corrected chi connectivity index (χ1v) is 7.24. The molecule has 18 heavy (non-hydrogen) atoms. The summed E-state index contributed by atoms with van der Waals surface area (Å²) in [6.45, 7) is 4.42. The van der Waals surface area contributed by atoms with Crippen LogP contribution in [0, 0.1) is 0 Å². The Hall–Kier alpha value is -0.930. The highest BCUT2D eigenvalue weighted by Gasteiger charge is 2.21. The molecule has 2 nitrogen and oxygen atoms in total. The zero-order chi connectivity index (χ0) is 13.0. The Kier molecular flexibility index (Phi) is 4.72. The van der Waals surface area contributed by atoms with Crippen molar-refractivity contribution in [3.63, 3.8) is 0 Å². The molecule has 0 unspecified atom stereocenters. The van der Waals surface area contributed by atoms with Crippen molar-refractivity contribution in [2.75, 3.05) is 6.54 Å². The minimum atomic E-state index is 0.477. The Morgan fingerprint density at radius 2 is 1.89 bits per heavy atom. The van der Waals surface area contributed by atoms with E-state index >= 15 is 0 Å². The van der Waals surface area contributed by atoms with Gasteiger partial charge in [-0.05, 0) is 24.9 Å². The van der Waals surface area contributed by atoms with Gasteiger partial charge in [-0.25, -0.2) is 0 Å². The monoisotopic (exact) mass is 262 g/mol. The molecule has 0 atom stereocenters. The van der Waals surface area contributed by atoms with E-state index in [-0.39, 0.29) is 0 Å². The molecule has 0 spiro atoms. The third-order valence-electron chi connectivity index (χ3n) is 3.87. The smallest absolute Gasteiger partial charge is 0.103 e. The Morgan fingerprint density at radius 3 is 2.39 bits per heavy atom. The largest absolute Gasteiger partial charge is 0.389 e. The van der Waals surface area contributed by atoms with Gasteiger partial charge in [0, 0.05) is 18.2 Å². The normalized spacial score (nSPS) is 16.3. The molecule has 2 rings (SSSR count). The van der Waals surface area contributed by atoms with Gasteiger partial charge in [-0.2, -0.15) is 0 Å². The van der Waals surface area contributed by atoms with Crippen molar-refractivity contribution in [2.24, 2.45) is 5.73 Å². The third kappa shape index (κ3) is 3.30. The molecule has 3 heteroatoms. The van der Waals surface area contributed by atoms with Gasteiger partial charge in [0.1, 0.15) is 4.99 Å². The van der Waals surface area contributed by atoms with E-state index in [1.807, 2.05) is 12.1 Å². The predicted octanol–water partition coefficient (Wildman–Crippen LogP) is 3.09. The second-order valence-corrected chi connectivity index (χ2v) is 5.50. The van der Waals surface area contributed by atoms with Crippen LogP contribution in [0.5, 0.6) is 0 Å². The molecule has 98 valence electrons. The fourth-order valence-electron chi connectivity index (χ4n) is 2.78. The van der Waals surface area contributed by atoms with Crippen LogP contribution in [0.3, 0.4) is 0 Å². The first kappa shape index (κ1) is 13.5. The van der Waals surface area contributed by atoms with E-state index in [1.54, 1.807) is 0 Å². The van der Waals surface area contributed by atoms with Crippen molar-refractivity contribution < 1.29 is 0 Å². The van der Waals surface area contributed by atoms with Crippen LogP contribution >= 0.6 is 12.2 Å². The fraction of sp³-hybridized carbons (Fsp3) is 0.533. The first-order valence-electron chi connectivity index (χ1n) is 6.83. The van der Waals surface area contributed by atoms with E-state index in [0.717, 1.165) is 24.7 Å². The molecule has 2 N–H and O–H groups in total. The summed E-state index contributed by atoms with van der Waals surface area (Å²) in [5, 5.41) is 0. The van der Waals surface area contributed by atoms with Gasteiger partial charge in [-0.3, -0.25) is 4.90 Å². The lowest BCUT2D eigenvalue weighted by molar-refractivity contribution is 0.200. The van der Waals surface area contributed by atoms with Gasteiger partial charge >= 0.3 is 0 Å². The van der Waals surface area contributed by atoms with Crippen LogP contribution in [0.2, 0.25) is 0 Å². The SMILES string of the molecule is CCN(Cc1ccc(C(N)=S)cc1)C1CCCC1. The average Bonchev–Trinajstić information content (AvgIpc) is 2.90. The van der Waals surface area contributed by atoms with E-state index in [1.165, 1.54) is 31.2 Å². The van der Waals surface area contributed by atoms with Crippen LogP contribution in [0.25, 0.3) is 0 Å². The lowest BCUT2D eigenvalue weighted by atomic mass is 10.1. The highest BCUT2D eigenvalue weighted by Crippen LogP contribution is 2.24. The van der Waals surface area contributed by atoms with Gasteiger partial charge in [0.05, 0.1) is 0 Å². The van der Waals surface area contributed by atoms with Crippen LogP contribution in [-0.4, -0.2) is 22.5 Å². The maximum absolute atomic E-state index is 5.61. The van der Waals surface area contributed by atoms with E-state index in [9.17, 15) is 0 Å². The zero-order valence-corrected chi connectivity index (χ0v) is 11.9. The van der Waals surface area contributed by atoms with Crippen molar-refractivity contribution in [2.45, 2.75) is 45.2 Å². The van der Waals surface area contributed by atoms with Crippen molar-refractivity contribution >= 4 is 17.2 Å². The van der Waals surface area contributed by atoms with Crippen molar-refractivity contribution in [1.82, 2.24) is 4.90 Å². The van der Waals surface area contributed by atoms with E-state index in [4.69, 9.17) is 18.0 Å². The van der Waals surface area contributed by atoms with E-state index in [2.05, 4.69) is 24.0 Å². The van der Waals surface area contributed by atoms with Gasteiger partial charge in [0.15, 0.2) is 0 Å².